The van der Waals surface area contributed by atoms with E-state index in [0.29, 0.717) is 18.4 Å². The molecular weight excluding hydrogens is 508 g/mol. The lowest BCUT2D eigenvalue weighted by Gasteiger charge is -2.35. The van der Waals surface area contributed by atoms with E-state index in [2.05, 4.69) is 25.5 Å². The molecule has 4 rings (SSSR count). The van der Waals surface area contributed by atoms with Gasteiger partial charge in [-0.15, -0.1) is 24.0 Å². The Labute approximate surface area is 199 Å². The van der Waals surface area contributed by atoms with E-state index in [4.69, 9.17) is 4.42 Å². The summed E-state index contributed by atoms with van der Waals surface area (Å²) < 4.78 is 19.2. The Morgan fingerprint density at radius 1 is 1.23 bits per heavy atom. The molecule has 1 fully saturated rings. The highest BCUT2D eigenvalue weighted by Gasteiger charge is 2.21. The Hall–Kier alpha value is -2.62. The van der Waals surface area contributed by atoms with Gasteiger partial charge in [0.2, 0.25) is 5.89 Å². The average Bonchev–Trinajstić information content (AvgIpc) is 3.26. The maximum absolute atomic E-state index is 13.6. The normalized spacial score (nSPS) is 16.5. The first-order valence-electron chi connectivity index (χ1n) is 10.2. The molecule has 0 bridgehead atoms. The number of oxazole rings is 1. The van der Waals surface area contributed by atoms with Gasteiger partial charge in [-0.2, -0.15) is 0 Å². The van der Waals surface area contributed by atoms with Crippen LogP contribution in [0.5, 0.6) is 0 Å². The van der Waals surface area contributed by atoms with Crippen LogP contribution in [0.3, 0.4) is 0 Å². The lowest BCUT2D eigenvalue weighted by atomic mass is 10.0. The van der Waals surface area contributed by atoms with Crippen LogP contribution < -0.4 is 15.5 Å². The first-order valence-corrected chi connectivity index (χ1v) is 10.2. The molecule has 31 heavy (non-hydrogen) atoms. The van der Waals surface area contributed by atoms with Gasteiger partial charge in [0.1, 0.15) is 12.1 Å². The molecule has 164 valence electrons. The van der Waals surface area contributed by atoms with Crippen molar-refractivity contribution in [1.82, 2.24) is 15.6 Å². The van der Waals surface area contributed by atoms with Gasteiger partial charge in [0.15, 0.2) is 5.96 Å². The second kappa shape index (κ2) is 11.1. The van der Waals surface area contributed by atoms with Crippen LogP contribution >= 0.6 is 24.0 Å². The molecule has 0 aliphatic carbocycles. The van der Waals surface area contributed by atoms with E-state index in [1.165, 1.54) is 6.07 Å². The minimum atomic E-state index is -0.206. The van der Waals surface area contributed by atoms with E-state index in [1.54, 1.807) is 25.4 Å². The molecule has 2 heterocycles. The third kappa shape index (κ3) is 6.19. The van der Waals surface area contributed by atoms with Gasteiger partial charge in [0.25, 0.3) is 0 Å². The van der Waals surface area contributed by atoms with Crippen molar-refractivity contribution in [2.45, 2.75) is 25.4 Å². The Morgan fingerprint density at radius 2 is 2.06 bits per heavy atom. The summed E-state index contributed by atoms with van der Waals surface area (Å²) in [5, 5.41) is 6.77. The van der Waals surface area contributed by atoms with Crippen molar-refractivity contribution in [2.24, 2.45) is 4.99 Å². The summed E-state index contributed by atoms with van der Waals surface area (Å²) in [4.78, 5) is 11.1. The number of aromatic nitrogens is 1. The van der Waals surface area contributed by atoms with Crippen LogP contribution in [0, 0.1) is 5.82 Å². The van der Waals surface area contributed by atoms with Crippen molar-refractivity contribution < 1.29 is 8.81 Å². The Kier molecular flexibility index (Phi) is 8.27. The number of guanidine groups is 1. The predicted octanol–water partition coefficient (Wildman–Crippen LogP) is 4.43. The van der Waals surface area contributed by atoms with Crippen molar-refractivity contribution in [1.29, 1.82) is 0 Å². The topological polar surface area (TPSA) is 65.7 Å². The quantitative estimate of drug-likeness (QED) is 0.288. The Balaban J connectivity index is 0.00000272. The van der Waals surface area contributed by atoms with Crippen molar-refractivity contribution in [3.63, 3.8) is 0 Å². The summed E-state index contributed by atoms with van der Waals surface area (Å²) in [6.07, 6.45) is 3.73. The summed E-state index contributed by atoms with van der Waals surface area (Å²) in [5.74, 6) is 1.11. The molecule has 8 heteroatoms. The van der Waals surface area contributed by atoms with Crippen molar-refractivity contribution in [3.05, 3.63) is 72.4 Å². The third-order valence-electron chi connectivity index (χ3n) is 5.17. The molecule has 1 aliphatic rings. The third-order valence-corrected chi connectivity index (χ3v) is 5.17. The average molecular weight is 535 g/mol. The zero-order valence-corrected chi connectivity index (χ0v) is 19.8. The fourth-order valence-electron chi connectivity index (χ4n) is 3.67. The van der Waals surface area contributed by atoms with Gasteiger partial charge in [-0.25, -0.2) is 9.37 Å². The summed E-state index contributed by atoms with van der Waals surface area (Å²) in [6.45, 7) is 2.23. The van der Waals surface area contributed by atoms with Crippen LogP contribution in [-0.2, 0) is 6.54 Å². The van der Waals surface area contributed by atoms with Gasteiger partial charge in [0.05, 0.1) is 12.2 Å². The zero-order chi connectivity index (χ0) is 20.8. The van der Waals surface area contributed by atoms with Gasteiger partial charge in [-0.05, 0) is 43.2 Å². The largest absolute Gasteiger partial charge is 0.444 e. The minimum absolute atomic E-state index is 0. The fourth-order valence-corrected chi connectivity index (χ4v) is 3.67. The van der Waals surface area contributed by atoms with Gasteiger partial charge in [0, 0.05) is 37.4 Å². The van der Waals surface area contributed by atoms with Crippen molar-refractivity contribution in [2.75, 3.05) is 25.0 Å². The summed E-state index contributed by atoms with van der Waals surface area (Å²) in [5.41, 5.74) is 2.67. The summed E-state index contributed by atoms with van der Waals surface area (Å²) in [7, 11) is 1.75. The van der Waals surface area contributed by atoms with Gasteiger partial charge in [-0.3, -0.25) is 4.99 Å². The SMILES string of the molecule is CN=C(NCc1coc(-c2ccccc2)n1)NC1CCCN(c2cccc(F)c2)C1.I. The van der Waals surface area contributed by atoms with Crippen LogP contribution in [0.4, 0.5) is 10.1 Å². The zero-order valence-electron chi connectivity index (χ0n) is 17.4. The molecular formula is C23H27FIN5O. The number of hydrogen-bond donors (Lipinski definition) is 2. The second-order valence-electron chi connectivity index (χ2n) is 7.35. The maximum Gasteiger partial charge on any atom is 0.226 e. The highest BCUT2D eigenvalue weighted by Crippen LogP contribution is 2.21. The molecule has 3 aromatic rings. The number of benzene rings is 2. The molecule has 0 saturated carbocycles. The van der Waals surface area contributed by atoms with E-state index < -0.39 is 0 Å². The van der Waals surface area contributed by atoms with Gasteiger partial charge in [-0.1, -0.05) is 24.3 Å². The standard InChI is InChI=1S/C23H26FN5O.HI/c1-25-23(26-14-20-16-30-22(27-20)17-7-3-2-4-8-17)28-19-10-6-12-29(15-19)21-11-5-9-18(24)13-21;/h2-5,7-9,11,13,16,19H,6,10,12,14-15H2,1H3,(H2,25,26,28);1H. The molecule has 0 amide bonds. The predicted molar refractivity (Wildman–Crippen MR) is 132 cm³/mol. The van der Waals surface area contributed by atoms with E-state index in [9.17, 15) is 4.39 Å². The number of hydrogen-bond acceptors (Lipinski definition) is 4. The van der Waals surface area contributed by atoms with Gasteiger partial charge < -0.3 is 20.0 Å². The number of piperidine rings is 1. The van der Waals surface area contributed by atoms with Crippen LogP contribution in [-0.4, -0.2) is 37.1 Å². The van der Waals surface area contributed by atoms with E-state index in [0.717, 1.165) is 42.9 Å². The number of anilines is 1. The molecule has 0 spiro atoms. The smallest absolute Gasteiger partial charge is 0.226 e. The van der Waals surface area contributed by atoms with Crippen LogP contribution in [0.15, 0.2) is 70.3 Å². The second-order valence-corrected chi connectivity index (χ2v) is 7.35. The van der Waals surface area contributed by atoms with E-state index >= 15 is 0 Å². The van der Waals surface area contributed by atoms with Crippen molar-refractivity contribution in [3.8, 4) is 11.5 Å². The first-order chi connectivity index (χ1) is 14.7. The van der Waals surface area contributed by atoms with E-state index in [1.807, 2.05) is 36.4 Å². The van der Waals surface area contributed by atoms with Crippen molar-refractivity contribution >= 4 is 35.6 Å². The molecule has 1 aliphatic heterocycles. The first kappa shape index (κ1) is 23.1. The number of nitrogens with zero attached hydrogens (tertiary/aromatic N) is 3. The highest BCUT2D eigenvalue weighted by molar-refractivity contribution is 14.0. The number of nitrogens with one attached hydrogen (secondary N) is 2. The number of aliphatic imine (C=N–C) groups is 1. The summed E-state index contributed by atoms with van der Waals surface area (Å²) >= 11 is 0. The van der Waals surface area contributed by atoms with E-state index in [-0.39, 0.29) is 35.8 Å². The summed E-state index contributed by atoms with van der Waals surface area (Å²) in [6, 6.07) is 16.8. The molecule has 1 atom stereocenters. The maximum atomic E-state index is 13.6. The Bertz CT molecular complexity index is 994. The molecule has 1 aromatic heterocycles. The van der Waals surface area contributed by atoms with Crippen LogP contribution in [0.2, 0.25) is 0 Å². The van der Waals surface area contributed by atoms with Gasteiger partial charge >= 0.3 is 0 Å². The number of rotatable bonds is 5. The molecule has 1 unspecified atom stereocenters. The fraction of sp³-hybridized carbons (Fsp3) is 0.304. The van der Waals surface area contributed by atoms with Crippen LogP contribution in [0.1, 0.15) is 18.5 Å². The minimum Gasteiger partial charge on any atom is -0.444 e. The molecule has 2 N–H and O–H groups in total. The Morgan fingerprint density at radius 3 is 2.84 bits per heavy atom. The number of halogens is 2. The molecule has 2 aromatic carbocycles. The molecule has 1 saturated heterocycles. The highest BCUT2D eigenvalue weighted by atomic mass is 127. The molecule has 6 nitrogen and oxygen atoms in total. The van der Waals surface area contributed by atoms with Crippen LogP contribution in [0.25, 0.3) is 11.5 Å². The monoisotopic (exact) mass is 535 g/mol. The lowest BCUT2D eigenvalue weighted by Crippen LogP contribution is -2.51. The lowest BCUT2D eigenvalue weighted by molar-refractivity contribution is 0.467. The molecule has 0 radical (unpaired) electrons.